The van der Waals surface area contributed by atoms with E-state index in [0.29, 0.717) is 13.0 Å². The minimum Gasteiger partial charge on any atom is -0.491 e. The Morgan fingerprint density at radius 2 is 1.05 bits per heavy atom. The fourth-order valence-electron chi connectivity index (χ4n) is 8.17. The van der Waals surface area contributed by atoms with Gasteiger partial charge >= 0.3 is 0 Å². The van der Waals surface area contributed by atoms with Gasteiger partial charge in [0.2, 0.25) is 0 Å². The van der Waals surface area contributed by atoms with Gasteiger partial charge in [-0.15, -0.1) is 0 Å². The van der Waals surface area contributed by atoms with E-state index in [4.69, 9.17) is 28.4 Å². The van der Waals surface area contributed by atoms with Gasteiger partial charge in [0.1, 0.15) is 59.6 Å². The van der Waals surface area contributed by atoms with E-state index in [9.17, 15) is 5.11 Å². The van der Waals surface area contributed by atoms with Crippen LogP contribution in [0.25, 0.3) is 0 Å². The average Bonchev–Trinajstić information content (AvgIpc) is 4.15. The second-order valence-corrected chi connectivity index (χ2v) is 17.6. The van der Waals surface area contributed by atoms with E-state index in [2.05, 4.69) is 135 Å². The molecule has 0 amide bonds. The van der Waals surface area contributed by atoms with E-state index in [0.717, 1.165) is 61.9 Å². The quantitative estimate of drug-likeness (QED) is 0.0796. The lowest BCUT2D eigenvalue weighted by atomic mass is 9.78. The first-order valence-electron chi connectivity index (χ1n) is 21.2. The summed E-state index contributed by atoms with van der Waals surface area (Å²) in [6.45, 7) is 22.1. The van der Waals surface area contributed by atoms with Crippen molar-refractivity contribution in [2.75, 3.05) is 26.4 Å². The maximum atomic E-state index is 11.3. The van der Waals surface area contributed by atoms with E-state index in [1.165, 1.54) is 22.3 Å². The Bertz CT molecular complexity index is 1840. The monoisotopic (exact) mass is 778 g/mol. The molecule has 7 heteroatoms. The Kier molecular flexibility index (Phi) is 13.3. The molecular weight excluding hydrogens is 713 g/mol. The van der Waals surface area contributed by atoms with E-state index in [-0.39, 0.29) is 41.2 Å². The zero-order valence-electron chi connectivity index (χ0n) is 35.8. The second-order valence-electron chi connectivity index (χ2n) is 17.6. The molecule has 2 saturated heterocycles. The molecule has 4 aromatic carbocycles. The van der Waals surface area contributed by atoms with Crippen LogP contribution in [-0.4, -0.2) is 61.0 Å². The average molecular weight is 779 g/mol. The molecule has 57 heavy (non-hydrogen) atoms. The fourth-order valence-corrected chi connectivity index (χ4v) is 8.17. The van der Waals surface area contributed by atoms with Crippen LogP contribution in [0.2, 0.25) is 0 Å². The van der Waals surface area contributed by atoms with E-state index in [1.807, 2.05) is 24.3 Å². The van der Waals surface area contributed by atoms with Gasteiger partial charge in [-0.05, 0) is 96.0 Å². The van der Waals surface area contributed by atoms with Gasteiger partial charge in [0, 0.05) is 17.3 Å². The molecule has 1 N–H and O–H groups in total. The van der Waals surface area contributed by atoms with Crippen LogP contribution in [0.4, 0.5) is 0 Å². The first-order chi connectivity index (χ1) is 27.2. The van der Waals surface area contributed by atoms with Crippen molar-refractivity contribution in [1.82, 2.24) is 0 Å². The molecule has 0 saturated carbocycles. The number of benzene rings is 4. The number of epoxide rings is 2. The first-order valence-corrected chi connectivity index (χ1v) is 21.2. The summed E-state index contributed by atoms with van der Waals surface area (Å²) in [5.41, 5.74) is 3.54. The maximum Gasteiger partial charge on any atom is 0.137 e. The molecule has 0 bridgehead atoms. The minimum absolute atomic E-state index is 0.167. The highest BCUT2D eigenvalue weighted by atomic mass is 16.6. The molecule has 2 aliphatic rings. The lowest BCUT2D eigenvalue weighted by Crippen LogP contribution is -2.45. The SMILES string of the molecule is CCCC(CC)(Oc1ccc(C(C)(C)c2ccc(OCC(O)CC(CC)(Oc3ccc(C(C)(C)c4ccc(OCC5CO5)cc4)cc3)C(C)C)cc2)cc1)C1CO1. The third-order valence-electron chi connectivity index (χ3n) is 12.7. The molecule has 0 aliphatic carbocycles. The number of ether oxygens (including phenoxy) is 6. The van der Waals surface area contributed by atoms with E-state index >= 15 is 0 Å². The van der Waals surface area contributed by atoms with Crippen LogP contribution < -0.4 is 18.9 Å². The van der Waals surface area contributed by atoms with Crippen molar-refractivity contribution in [1.29, 1.82) is 0 Å². The Labute approximate surface area is 342 Å². The smallest absolute Gasteiger partial charge is 0.137 e. The molecular formula is C50H66O7. The van der Waals surface area contributed by atoms with Gasteiger partial charge in [-0.1, -0.05) is 117 Å². The topological polar surface area (TPSA) is 82.2 Å². The summed E-state index contributed by atoms with van der Waals surface area (Å²) in [5.74, 6) is 3.44. The summed E-state index contributed by atoms with van der Waals surface area (Å²) < 4.78 is 36.3. The second kappa shape index (κ2) is 17.8. The van der Waals surface area contributed by atoms with Crippen LogP contribution in [0.1, 0.15) is 117 Å². The van der Waals surface area contributed by atoms with Gasteiger partial charge in [-0.25, -0.2) is 0 Å². The normalized spacial score (nSPS) is 19.3. The molecule has 5 unspecified atom stereocenters. The summed E-state index contributed by atoms with van der Waals surface area (Å²) in [4.78, 5) is 0. The molecule has 4 aromatic rings. The highest BCUT2D eigenvalue weighted by Gasteiger charge is 2.47. The predicted molar refractivity (Wildman–Crippen MR) is 228 cm³/mol. The number of aliphatic hydroxyl groups excluding tert-OH is 1. The number of aliphatic hydroxyl groups is 1. The van der Waals surface area contributed by atoms with Crippen LogP contribution in [0.3, 0.4) is 0 Å². The Hall–Kier alpha value is -4.04. The summed E-state index contributed by atoms with van der Waals surface area (Å²) in [5, 5.41) is 11.3. The van der Waals surface area contributed by atoms with Crippen molar-refractivity contribution in [3.05, 3.63) is 119 Å². The molecule has 5 atom stereocenters. The fraction of sp³-hybridized carbons (Fsp3) is 0.520. The van der Waals surface area contributed by atoms with Crippen molar-refractivity contribution in [2.24, 2.45) is 5.92 Å². The molecule has 2 aliphatic heterocycles. The molecule has 308 valence electrons. The third kappa shape index (κ3) is 10.2. The summed E-state index contributed by atoms with van der Waals surface area (Å²) in [6.07, 6.45) is 3.88. The van der Waals surface area contributed by atoms with Gasteiger partial charge in [0.15, 0.2) is 0 Å². The zero-order chi connectivity index (χ0) is 40.8. The predicted octanol–water partition coefficient (Wildman–Crippen LogP) is 10.9. The lowest BCUT2D eigenvalue weighted by Gasteiger charge is -2.39. The van der Waals surface area contributed by atoms with Crippen molar-refractivity contribution in [2.45, 2.75) is 135 Å². The van der Waals surface area contributed by atoms with E-state index in [1.54, 1.807) is 0 Å². The number of rotatable bonds is 22. The summed E-state index contributed by atoms with van der Waals surface area (Å²) >= 11 is 0. The molecule has 2 fully saturated rings. The molecule has 0 aromatic heterocycles. The van der Waals surface area contributed by atoms with Gasteiger partial charge < -0.3 is 33.5 Å². The van der Waals surface area contributed by atoms with Crippen molar-refractivity contribution in [3.63, 3.8) is 0 Å². The molecule has 0 spiro atoms. The van der Waals surface area contributed by atoms with Crippen LogP contribution in [0, 0.1) is 5.92 Å². The zero-order valence-corrected chi connectivity index (χ0v) is 35.8. The van der Waals surface area contributed by atoms with Crippen molar-refractivity contribution in [3.8, 4) is 23.0 Å². The molecule has 2 heterocycles. The van der Waals surface area contributed by atoms with Gasteiger partial charge in [-0.3, -0.25) is 0 Å². The van der Waals surface area contributed by atoms with Crippen LogP contribution in [0.5, 0.6) is 23.0 Å². The molecule has 7 nitrogen and oxygen atoms in total. The maximum absolute atomic E-state index is 11.3. The Morgan fingerprint density at radius 1 is 0.614 bits per heavy atom. The van der Waals surface area contributed by atoms with Crippen LogP contribution in [0.15, 0.2) is 97.1 Å². The highest BCUT2D eigenvalue weighted by molar-refractivity contribution is 5.43. The summed E-state index contributed by atoms with van der Waals surface area (Å²) in [7, 11) is 0. The van der Waals surface area contributed by atoms with Gasteiger partial charge in [0.25, 0.3) is 0 Å². The molecule has 6 rings (SSSR count). The van der Waals surface area contributed by atoms with Gasteiger partial charge in [-0.2, -0.15) is 0 Å². The number of hydrogen-bond donors (Lipinski definition) is 1. The van der Waals surface area contributed by atoms with E-state index < -0.39 is 11.7 Å². The first kappa shape index (κ1) is 42.6. The van der Waals surface area contributed by atoms with Crippen molar-refractivity contribution < 1.29 is 33.5 Å². The summed E-state index contributed by atoms with van der Waals surface area (Å²) in [6, 6.07) is 33.5. The minimum atomic E-state index is -0.707. The van der Waals surface area contributed by atoms with Crippen molar-refractivity contribution >= 4 is 0 Å². The van der Waals surface area contributed by atoms with Gasteiger partial charge in [0.05, 0.1) is 19.3 Å². The number of hydrogen-bond acceptors (Lipinski definition) is 7. The lowest BCUT2D eigenvalue weighted by molar-refractivity contribution is -0.0371. The van der Waals surface area contributed by atoms with Crippen LogP contribution in [-0.2, 0) is 20.3 Å². The Balaban J connectivity index is 1.03. The third-order valence-corrected chi connectivity index (χ3v) is 12.7. The Morgan fingerprint density at radius 3 is 1.44 bits per heavy atom. The largest absolute Gasteiger partial charge is 0.491 e. The molecule has 0 radical (unpaired) electrons. The van der Waals surface area contributed by atoms with Crippen LogP contribution >= 0.6 is 0 Å². The standard InChI is InChI=1S/C50H66O7/c1-10-29-49(11-2,46-34-55-46)56-43-25-17-38(18-26-43)47(6,7)36-13-21-41(22-14-36)52-31-40(51)30-50(12-3,35(4)5)57-44-27-19-39(20-28-44)48(8,9)37-15-23-42(24-16-37)53-32-45-33-54-45/h13-28,35,40,45-46,51H,10-12,29-34H2,1-9H3. The highest BCUT2D eigenvalue weighted by Crippen LogP contribution is 2.40.